The molecule has 0 spiro atoms. The molecule has 0 saturated carbocycles. The van der Waals surface area contributed by atoms with Gasteiger partial charge in [0.15, 0.2) is 0 Å². The Morgan fingerprint density at radius 1 is 1.35 bits per heavy atom. The number of phosphoric acid groups is 1. The molecule has 1 fully saturated rings. The van der Waals surface area contributed by atoms with Gasteiger partial charge in [-0.3, -0.25) is 33.9 Å². The molecule has 31 heavy (non-hydrogen) atoms. The van der Waals surface area contributed by atoms with Crippen LogP contribution in [0.3, 0.4) is 0 Å². The first-order valence-corrected chi connectivity index (χ1v) is 10.1. The number of aromatic nitrogens is 2. The minimum absolute atomic E-state index is 0. The number of aromatic amines is 1. The zero-order valence-electron chi connectivity index (χ0n) is 16.5. The van der Waals surface area contributed by atoms with Gasteiger partial charge in [0.2, 0.25) is 0 Å². The number of rotatable bonds is 7. The number of nitrogens with one attached hydrogen (secondary N) is 1. The number of aliphatic hydroxyl groups is 1. The van der Waals surface area contributed by atoms with Gasteiger partial charge in [0, 0.05) is 59.9 Å². The number of nitrogens with zero attached hydrogens (tertiary/aromatic N) is 2. The van der Waals surface area contributed by atoms with E-state index in [0.29, 0.717) is 0 Å². The van der Waals surface area contributed by atoms with Gasteiger partial charge < -0.3 is 14.4 Å². The van der Waals surface area contributed by atoms with E-state index >= 15 is 0 Å². The SMILES string of the molecule is Cc1cn([C@H]2C[C@H](OP(=O)(O)Oc3ccc([N+](=O)[O-])cc3)[C@@H](CO)O2)c(=O)[nH]c1=O.[Na]. The molecule has 163 valence electrons. The maximum absolute atomic E-state index is 12.4. The van der Waals surface area contributed by atoms with Crippen LogP contribution in [0.4, 0.5) is 5.69 Å². The van der Waals surface area contributed by atoms with E-state index < -0.39 is 49.0 Å². The molecule has 1 aromatic heterocycles. The van der Waals surface area contributed by atoms with Crippen LogP contribution in [-0.4, -0.2) is 72.8 Å². The van der Waals surface area contributed by atoms with Crippen molar-refractivity contribution >= 4 is 43.1 Å². The molecule has 1 saturated heterocycles. The second-order valence-corrected chi connectivity index (χ2v) is 7.81. The molecule has 1 aromatic carbocycles. The van der Waals surface area contributed by atoms with Gasteiger partial charge in [-0.1, -0.05) is 0 Å². The molecule has 3 rings (SSSR count). The molecule has 0 bridgehead atoms. The number of benzene rings is 1. The fourth-order valence-corrected chi connectivity index (χ4v) is 3.90. The molecule has 1 unspecified atom stereocenters. The third-order valence-electron chi connectivity index (χ3n) is 4.35. The van der Waals surface area contributed by atoms with Crippen LogP contribution in [0, 0.1) is 17.0 Å². The summed E-state index contributed by atoms with van der Waals surface area (Å²) in [6.45, 7) is 0.914. The van der Waals surface area contributed by atoms with Crippen LogP contribution in [-0.2, 0) is 13.8 Å². The van der Waals surface area contributed by atoms with Crippen molar-refractivity contribution in [1.29, 1.82) is 0 Å². The van der Waals surface area contributed by atoms with E-state index in [0.717, 1.165) is 28.8 Å². The van der Waals surface area contributed by atoms with E-state index in [4.69, 9.17) is 13.8 Å². The minimum Gasteiger partial charge on any atom is -0.404 e. The number of H-pyrrole nitrogens is 1. The van der Waals surface area contributed by atoms with Crippen molar-refractivity contribution in [2.75, 3.05) is 6.61 Å². The first-order chi connectivity index (χ1) is 14.1. The van der Waals surface area contributed by atoms with Gasteiger partial charge in [-0.25, -0.2) is 9.36 Å². The Morgan fingerprint density at radius 2 is 2.00 bits per heavy atom. The fourth-order valence-electron chi connectivity index (χ4n) is 2.90. The number of nitro groups is 1. The number of ether oxygens (including phenoxy) is 1. The molecule has 3 N–H and O–H groups in total. The molecule has 1 aliphatic heterocycles. The van der Waals surface area contributed by atoms with Crippen LogP contribution in [0.15, 0.2) is 40.1 Å². The Hall–Kier alpha value is -1.83. The van der Waals surface area contributed by atoms with Crippen molar-refractivity contribution in [3.63, 3.8) is 0 Å². The summed E-state index contributed by atoms with van der Waals surface area (Å²) in [5.41, 5.74) is -1.29. The Kier molecular flexibility index (Phi) is 8.36. The predicted molar refractivity (Wildman–Crippen MR) is 106 cm³/mol. The van der Waals surface area contributed by atoms with Gasteiger partial charge >= 0.3 is 13.5 Å². The number of hydrogen-bond donors (Lipinski definition) is 3. The second-order valence-electron chi connectivity index (χ2n) is 6.48. The topological polar surface area (TPSA) is 183 Å². The van der Waals surface area contributed by atoms with E-state index in [1.165, 1.54) is 13.1 Å². The van der Waals surface area contributed by atoms with Crippen LogP contribution >= 0.6 is 7.82 Å². The smallest absolute Gasteiger partial charge is 0.404 e. The van der Waals surface area contributed by atoms with Gasteiger partial charge in [0.25, 0.3) is 11.2 Å². The van der Waals surface area contributed by atoms with Crippen molar-refractivity contribution in [3.05, 3.63) is 67.0 Å². The van der Waals surface area contributed by atoms with E-state index in [9.17, 15) is 34.3 Å². The quantitative estimate of drug-likeness (QED) is 0.221. The van der Waals surface area contributed by atoms with E-state index in [1.807, 2.05) is 0 Å². The first kappa shape index (κ1) is 25.4. The molecule has 15 heteroatoms. The maximum Gasteiger partial charge on any atom is 0.527 e. The Morgan fingerprint density at radius 3 is 2.58 bits per heavy atom. The van der Waals surface area contributed by atoms with Crippen LogP contribution in [0.1, 0.15) is 18.2 Å². The Labute approximate surface area is 196 Å². The van der Waals surface area contributed by atoms with Crippen LogP contribution in [0.5, 0.6) is 5.75 Å². The summed E-state index contributed by atoms with van der Waals surface area (Å²) in [4.78, 5) is 45.7. The number of aliphatic hydroxyl groups excluding tert-OH is 1. The van der Waals surface area contributed by atoms with Gasteiger partial charge in [-0.2, -0.15) is 0 Å². The third-order valence-corrected chi connectivity index (χ3v) is 5.33. The van der Waals surface area contributed by atoms with E-state index in [2.05, 4.69) is 4.98 Å². The summed E-state index contributed by atoms with van der Waals surface area (Å²) in [6.07, 6.45) is -1.95. The molecular formula is C16H18N3NaO10P. The summed E-state index contributed by atoms with van der Waals surface area (Å²) in [6, 6.07) is 4.44. The van der Waals surface area contributed by atoms with Gasteiger partial charge in [0.1, 0.15) is 24.2 Å². The van der Waals surface area contributed by atoms with Crippen molar-refractivity contribution in [3.8, 4) is 5.75 Å². The monoisotopic (exact) mass is 466 g/mol. The van der Waals surface area contributed by atoms with Crippen molar-refractivity contribution in [2.24, 2.45) is 0 Å². The molecule has 1 radical (unpaired) electrons. The normalized spacial score (nSPS) is 22.4. The molecule has 13 nitrogen and oxygen atoms in total. The zero-order chi connectivity index (χ0) is 22.1. The molecule has 0 amide bonds. The molecular weight excluding hydrogens is 448 g/mol. The fraction of sp³-hybridized carbons (Fsp3) is 0.375. The minimum atomic E-state index is -4.71. The van der Waals surface area contributed by atoms with Crippen molar-refractivity contribution < 1.29 is 33.3 Å². The average molecular weight is 466 g/mol. The summed E-state index contributed by atoms with van der Waals surface area (Å²) in [5.74, 6) is -0.144. The van der Waals surface area contributed by atoms with Gasteiger partial charge in [0.05, 0.1) is 11.5 Å². The van der Waals surface area contributed by atoms with Crippen LogP contribution in [0.25, 0.3) is 0 Å². The molecule has 2 heterocycles. The molecule has 2 aromatic rings. The predicted octanol–water partition coefficient (Wildman–Crippen LogP) is 0.217. The largest absolute Gasteiger partial charge is 0.527 e. The van der Waals surface area contributed by atoms with Crippen molar-refractivity contribution in [1.82, 2.24) is 9.55 Å². The molecule has 4 atom stereocenters. The van der Waals surface area contributed by atoms with Crippen LogP contribution in [0.2, 0.25) is 0 Å². The number of nitro benzene ring substituents is 1. The van der Waals surface area contributed by atoms with Crippen LogP contribution < -0.4 is 15.8 Å². The van der Waals surface area contributed by atoms with Crippen molar-refractivity contribution in [2.45, 2.75) is 31.8 Å². The Bertz CT molecular complexity index is 1100. The molecule has 0 aliphatic carbocycles. The summed E-state index contributed by atoms with van der Waals surface area (Å²) in [5, 5.41) is 20.2. The summed E-state index contributed by atoms with van der Waals surface area (Å²) < 4.78 is 29.0. The van der Waals surface area contributed by atoms with E-state index in [1.54, 1.807) is 0 Å². The van der Waals surface area contributed by atoms with Gasteiger partial charge in [-0.15, -0.1) is 0 Å². The zero-order valence-corrected chi connectivity index (χ0v) is 19.4. The standard InChI is InChI=1S/C16H18N3O10P.Na/c1-9-7-18(16(22)17-15(9)21)14-6-12(13(8-20)27-14)29-30(25,26)28-11-4-2-10(3-5-11)19(23)24;/h2-5,7,12-14,20H,6,8H2,1H3,(H,25,26)(H,17,21,22);/t12-,13+,14+;/m0./s1. The molecule has 1 aliphatic rings. The maximum atomic E-state index is 12.4. The second kappa shape index (κ2) is 10.2. The number of non-ortho nitro benzene ring substituents is 1. The number of aryl methyl sites for hydroxylation is 1. The van der Waals surface area contributed by atoms with Gasteiger partial charge in [-0.05, 0) is 19.1 Å². The summed E-state index contributed by atoms with van der Waals surface area (Å²) >= 11 is 0. The van der Waals surface area contributed by atoms with E-state index in [-0.39, 0.29) is 53.0 Å². The summed E-state index contributed by atoms with van der Waals surface area (Å²) in [7, 11) is -4.71. The third kappa shape index (κ3) is 6.11. The Balaban J connectivity index is 0.00000341. The number of phosphoric ester groups is 1. The average Bonchev–Trinajstić information content (AvgIpc) is 3.06. The number of hydrogen-bond acceptors (Lipinski definition) is 9. The first-order valence-electron chi connectivity index (χ1n) is 8.63.